The number of nitrogens with one attached hydrogen (secondary N) is 1. The second kappa shape index (κ2) is 5.67. The van der Waals surface area contributed by atoms with Crippen molar-refractivity contribution in [3.8, 4) is 11.8 Å². The van der Waals surface area contributed by atoms with Crippen LogP contribution in [0.2, 0.25) is 5.02 Å². The van der Waals surface area contributed by atoms with Crippen LogP contribution in [-0.4, -0.2) is 5.90 Å². The molecule has 0 spiro atoms. The summed E-state index contributed by atoms with van der Waals surface area (Å²) in [6, 6.07) is 21.6. The summed E-state index contributed by atoms with van der Waals surface area (Å²) in [6.45, 7) is 0. The van der Waals surface area contributed by atoms with Gasteiger partial charge in [-0.2, -0.15) is 5.26 Å². The summed E-state index contributed by atoms with van der Waals surface area (Å²) in [5.41, 5.74) is 1.74. The van der Waals surface area contributed by atoms with Crippen LogP contribution in [0.1, 0.15) is 17.0 Å². The average molecular weight is 333 g/mol. The van der Waals surface area contributed by atoms with Crippen molar-refractivity contribution in [3.63, 3.8) is 0 Å². The van der Waals surface area contributed by atoms with Gasteiger partial charge in [0.05, 0.1) is 6.07 Å². The van der Waals surface area contributed by atoms with Gasteiger partial charge in [-0.05, 0) is 17.0 Å². The zero-order valence-corrected chi connectivity index (χ0v) is 13.4. The molecule has 3 nitrogen and oxygen atoms in total. The highest BCUT2D eigenvalue weighted by atomic mass is 35.5. The van der Waals surface area contributed by atoms with Crippen molar-refractivity contribution in [2.45, 2.75) is 5.92 Å². The molecule has 2 atom stereocenters. The quantitative estimate of drug-likeness (QED) is 0.671. The third-order valence-corrected chi connectivity index (χ3v) is 4.80. The molecular weight excluding hydrogens is 320 g/mol. The molecule has 1 heterocycles. The lowest BCUT2D eigenvalue weighted by Crippen LogP contribution is -2.31. The van der Waals surface area contributed by atoms with E-state index in [9.17, 15) is 5.26 Å². The van der Waals surface area contributed by atoms with Crippen molar-refractivity contribution in [2.75, 3.05) is 0 Å². The monoisotopic (exact) mass is 332 g/mol. The largest absolute Gasteiger partial charge is 0.441 e. The average Bonchev–Trinajstić information content (AvgIpc) is 2.61. The fraction of sp³-hybridized carbons (Fsp3) is 0.100. The van der Waals surface area contributed by atoms with E-state index in [0.29, 0.717) is 10.8 Å². The molecule has 0 bridgehead atoms. The summed E-state index contributed by atoms with van der Waals surface area (Å²) < 4.78 is 5.76. The molecule has 1 N–H and O–H groups in total. The van der Waals surface area contributed by atoms with Gasteiger partial charge in [0.1, 0.15) is 11.7 Å². The maximum Gasteiger partial charge on any atom is 0.205 e. The third-order valence-electron chi connectivity index (χ3n) is 4.45. The van der Waals surface area contributed by atoms with Crippen LogP contribution >= 0.6 is 11.6 Å². The minimum absolute atomic E-state index is 0.0359. The lowest BCUT2D eigenvalue weighted by molar-refractivity contribution is 0.455. The van der Waals surface area contributed by atoms with E-state index in [1.165, 1.54) is 0 Å². The van der Waals surface area contributed by atoms with Gasteiger partial charge in [0, 0.05) is 21.9 Å². The maximum atomic E-state index is 9.61. The van der Waals surface area contributed by atoms with Gasteiger partial charge in [0.15, 0.2) is 0 Å². The molecule has 116 valence electrons. The van der Waals surface area contributed by atoms with Crippen LogP contribution in [-0.2, 0) is 0 Å². The number of hydrogen-bond acceptors (Lipinski definition) is 3. The summed E-state index contributed by atoms with van der Waals surface area (Å²) in [5.74, 6) is -0.399. The molecule has 0 fully saturated rings. The van der Waals surface area contributed by atoms with Crippen LogP contribution in [0, 0.1) is 22.7 Å². The molecule has 4 rings (SSSR count). The number of nitriles is 1. The standard InChI is InChI=1S/C20H13ClN2O/c21-17-8-4-3-7-14(17)18-15-10-9-12-5-1-2-6-13(12)19(15)24-20(23)16(18)11-22/h1-10,16,18,23H. The lowest BCUT2D eigenvalue weighted by Gasteiger charge is -2.31. The number of ether oxygens (including phenoxy) is 1. The Kier molecular flexibility index (Phi) is 3.48. The first-order valence-corrected chi connectivity index (χ1v) is 8.00. The van der Waals surface area contributed by atoms with Crippen LogP contribution in [0.4, 0.5) is 0 Å². The summed E-state index contributed by atoms with van der Waals surface area (Å²) in [4.78, 5) is 0. The van der Waals surface area contributed by atoms with Gasteiger partial charge in [-0.3, -0.25) is 5.41 Å². The predicted octanol–water partition coefficient (Wildman–Crippen LogP) is 5.13. The van der Waals surface area contributed by atoms with Crippen molar-refractivity contribution in [3.05, 3.63) is 76.8 Å². The van der Waals surface area contributed by atoms with Crippen molar-refractivity contribution < 1.29 is 4.74 Å². The van der Waals surface area contributed by atoms with Crippen LogP contribution < -0.4 is 4.74 Å². The second-order valence-electron chi connectivity index (χ2n) is 5.78. The SMILES string of the molecule is N#CC1C(=N)Oc2c(ccc3ccccc23)C1c1ccccc1Cl. The van der Waals surface area contributed by atoms with Gasteiger partial charge in [-0.15, -0.1) is 0 Å². The Hall–Kier alpha value is -2.83. The Labute approximate surface area is 144 Å². The number of nitrogens with zero attached hydrogens (tertiary/aromatic N) is 1. The molecular formula is C20H13ClN2O. The topological polar surface area (TPSA) is 56.9 Å². The summed E-state index contributed by atoms with van der Waals surface area (Å²) in [6.07, 6.45) is 0. The second-order valence-corrected chi connectivity index (χ2v) is 6.18. The van der Waals surface area contributed by atoms with E-state index in [0.717, 1.165) is 21.9 Å². The molecule has 2 unspecified atom stereocenters. The molecule has 0 saturated heterocycles. The van der Waals surface area contributed by atoms with Gasteiger partial charge in [-0.1, -0.05) is 66.2 Å². The zero-order chi connectivity index (χ0) is 16.7. The fourth-order valence-electron chi connectivity index (χ4n) is 3.33. The van der Waals surface area contributed by atoms with Crippen LogP contribution in [0.5, 0.6) is 5.75 Å². The molecule has 3 aromatic rings. The fourth-order valence-corrected chi connectivity index (χ4v) is 3.58. The van der Waals surface area contributed by atoms with E-state index >= 15 is 0 Å². The molecule has 3 aromatic carbocycles. The molecule has 24 heavy (non-hydrogen) atoms. The van der Waals surface area contributed by atoms with Gasteiger partial charge in [0.2, 0.25) is 5.90 Å². The van der Waals surface area contributed by atoms with Crippen molar-refractivity contribution in [1.82, 2.24) is 0 Å². The van der Waals surface area contributed by atoms with Crippen LogP contribution in [0.15, 0.2) is 60.7 Å². The predicted molar refractivity (Wildman–Crippen MR) is 94.7 cm³/mol. The minimum atomic E-state index is -0.696. The molecule has 0 aromatic heterocycles. The van der Waals surface area contributed by atoms with Gasteiger partial charge < -0.3 is 4.74 Å². The highest BCUT2D eigenvalue weighted by molar-refractivity contribution is 6.31. The zero-order valence-electron chi connectivity index (χ0n) is 12.7. The number of hydrogen-bond donors (Lipinski definition) is 1. The Bertz CT molecular complexity index is 1010. The summed E-state index contributed by atoms with van der Waals surface area (Å²) in [5, 5.41) is 20.4. The molecule has 4 heteroatoms. The highest BCUT2D eigenvalue weighted by Crippen LogP contribution is 2.46. The number of rotatable bonds is 1. The van der Waals surface area contributed by atoms with Gasteiger partial charge >= 0.3 is 0 Å². The Morgan fingerprint density at radius 2 is 1.71 bits per heavy atom. The molecule has 0 saturated carbocycles. The lowest BCUT2D eigenvalue weighted by atomic mass is 9.78. The number of benzene rings is 3. The van der Waals surface area contributed by atoms with Crippen molar-refractivity contribution in [1.29, 1.82) is 10.7 Å². The van der Waals surface area contributed by atoms with Gasteiger partial charge in [-0.25, -0.2) is 0 Å². The van der Waals surface area contributed by atoms with E-state index in [1.54, 1.807) is 0 Å². The van der Waals surface area contributed by atoms with E-state index in [2.05, 4.69) is 6.07 Å². The Morgan fingerprint density at radius 3 is 2.50 bits per heavy atom. The summed E-state index contributed by atoms with van der Waals surface area (Å²) >= 11 is 6.39. The van der Waals surface area contributed by atoms with Gasteiger partial charge in [0.25, 0.3) is 0 Å². The van der Waals surface area contributed by atoms with E-state index in [1.807, 2.05) is 60.7 Å². The Balaban J connectivity index is 2.03. The minimum Gasteiger partial charge on any atom is -0.441 e. The van der Waals surface area contributed by atoms with E-state index in [4.69, 9.17) is 21.7 Å². The van der Waals surface area contributed by atoms with E-state index < -0.39 is 5.92 Å². The van der Waals surface area contributed by atoms with Crippen molar-refractivity contribution >= 4 is 28.3 Å². The highest BCUT2D eigenvalue weighted by Gasteiger charge is 2.38. The maximum absolute atomic E-state index is 9.61. The number of halogens is 1. The Morgan fingerprint density at radius 1 is 0.958 bits per heavy atom. The van der Waals surface area contributed by atoms with E-state index in [-0.39, 0.29) is 11.8 Å². The smallest absolute Gasteiger partial charge is 0.205 e. The van der Waals surface area contributed by atoms with Crippen LogP contribution in [0.3, 0.4) is 0 Å². The molecule has 1 aliphatic heterocycles. The van der Waals surface area contributed by atoms with Crippen molar-refractivity contribution in [2.24, 2.45) is 5.92 Å². The molecule has 0 aliphatic carbocycles. The third kappa shape index (κ3) is 2.16. The van der Waals surface area contributed by atoms with Crippen LogP contribution in [0.25, 0.3) is 10.8 Å². The summed E-state index contributed by atoms with van der Waals surface area (Å²) in [7, 11) is 0. The normalized spacial score (nSPS) is 19.4. The first-order valence-electron chi connectivity index (χ1n) is 7.62. The first-order chi connectivity index (χ1) is 11.7. The molecule has 0 amide bonds. The molecule has 1 aliphatic rings. The number of fused-ring (bicyclic) bond motifs is 3. The first kappa shape index (κ1) is 14.7. The molecule has 0 radical (unpaired) electrons.